The van der Waals surface area contributed by atoms with Gasteiger partial charge < -0.3 is 10.1 Å². The number of ether oxygens (including phenoxy) is 1. The molecular weight excluding hydrogens is 285 g/mol. The fraction of sp³-hybridized carbons (Fsp3) is 0.417. The van der Waals surface area contributed by atoms with Crippen LogP contribution >= 0.6 is 0 Å². The normalized spacial score (nSPS) is 12.3. The summed E-state index contributed by atoms with van der Waals surface area (Å²) in [6.45, 7) is 2.30. The summed E-state index contributed by atoms with van der Waals surface area (Å²) in [6, 6.07) is -0.954. The Morgan fingerprint density at radius 3 is 1.95 bits per heavy atom. The van der Waals surface area contributed by atoms with Gasteiger partial charge in [0.25, 0.3) is 0 Å². The Bertz CT molecular complexity index is 492. The molecule has 1 aromatic rings. The van der Waals surface area contributed by atoms with Crippen LogP contribution in [0.5, 0.6) is 0 Å². The largest absolute Gasteiger partial charge is 0.465 e. The molecule has 0 amide bonds. The van der Waals surface area contributed by atoms with Crippen LogP contribution in [0.1, 0.15) is 19.4 Å². The molecule has 1 atom stereocenters. The van der Waals surface area contributed by atoms with Crippen LogP contribution in [0.4, 0.5) is 22.0 Å². The van der Waals surface area contributed by atoms with Crippen molar-refractivity contribution >= 4 is 5.97 Å². The molecule has 0 aliphatic rings. The zero-order chi connectivity index (χ0) is 15.4. The van der Waals surface area contributed by atoms with Crippen LogP contribution in [0.3, 0.4) is 0 Å². The van der Waals surface area contributed by atoms with Crippen LogP contribution in [0.2, 0.25) is 0 Å². The molecule has 0 aliphatic heterocycles. The van der Waals surface area contributed by atoms with Crippen LogP contribution in [0, 0.1) is 29.1 Å². The van der Waals surface area contributed by atoms with E-state index in [4.69, 9.17) is 0 Å². The summed E-state index contributed by atoms with van der Waals surface area (Å²) in [6.07, 6.45) is 0. The van der Waals surface area contributed by atoms with Gasteiger partial charge in [-0.25, -0.2) is 22.0 Å². The maximum Gasteiger partial charge on any atom is 0.322 e. The lowest BCUT2D eigenvalue weighted by molar-refractivity contribution is -0.145. The Morgan fingerprint density at radius 1 is 1.05 bits per heavy atom. The highest BCUT2D eigenvalue weighted by Crippen LogP contribution is 2.22. The highest BCUT2D eigenvalue weighted by Gasteiger charge is 2.26. The van der Waals surface area contributed by atoms with Crippen LogP contribution in [-0.2, 0) is 16.1 Å². The molecule has 0 aliphatic carbocycles. The molecule has 1 unspecified atom stereocenters. The first-order valence-electron chi connectivity index (χ1n) is 5.71. The Kier molecular flexibility index (Phi) is 5.43. The molecule has 1 N–H and O–H groups in total. The van der Waals surface area contributed by atoms with E-state index >= 15 is 0 Å². The number of halogens is 5. The maximum atomic E-state index is 13.3. The number of esters is 1. The third-order valence-electron chi connectivity index (χ3n) is 2.53. The van der Waals surface area contributed by atoms with E-state index in [1.54, 1.807) is 6.92 Å². The van der Waals surface area contributed by atoms with Crippen molar-refractivity contribution in [3.05, 3.63) is 34.6 Å². The van der Waals surface area contributed by atoms with Crippen molar-refractivity contribution in [2.75, 3.05) is 6.61 Å². The Morgan fingerprint density at radius 2 is 1.50 bits per heavy atom. The molecule has 8 heteroatoms. The minimum absolute atomic E-state index is 0.105. The van der Waals surface area contributed by atoms with Crippen molar-refractivity contribution in [3.63, 3.8) is 0 Å². The second-order valence-corrected chi connectivity index (χ2v) is 3.90. The standard InChI is InChI=1S/C12H12F5NO2/c1-3-20-12(19)5(2)18-4-6-7(13)9(15)11(17)10(16)8(6)14/h5,18H,3-4H2,1-2H3. The lowest BCUT2D eigenvalue weighted by Gasteiger charge is -2.14. The number of nitrogens with one attached hydrogen (secondary N) is 1. The number of hydrogen-bond acceptors (Lipinski definition) is 3. The zero-order valence-electron chi connectivity index (χ0n) is 10.7. The van der Waals surface area contributed by atoms with E-state index in [1.165, 1.54) is 6.92 Å². The molecule has 112 valence electrons. The Hall–Kier alpha value is -1.70. The van der Waals surface area contributed by atoms with Crippen LogP contribution in [0.15, 0.2) is 0 Å². The summed E-state index contributed by atoms with van der Waals surface area (Å²) in [4.78, 5) is 11.2. The van der Waals surface area contributed by atoms with Crippen molar-refractivity contribution in [1.82, 2.24) is 5.32 Å². The predicted octanol–water partition coefficient (Wildman–Crippen LogP) is 2.42. The molecule has 1 aromatic carbocycles. The summed E-state index contributed by atoms with van der Waals surface area (Å²) in [5.41, 5.74) is -1.03. The summed E-state index contributed by atoms with van der Waals surface area (Å²) in [5, 5.41) is 2.33. The molecule has 0 heterocycles. The summed E-state index contributed by atoms with van der Waals surface area (Å²) in [5.74, 6) is -10.8. The van der Waals surface area contributed by atoms with Gasteiger partial charge in [0.1, 0.15) is 6.04 Å². The molecule has 0 aromatic heterocycles. The molecule has 0 spiro atoms. The summed E-state index contributed by atoms with van der Waals surface area (Å²) in [7, 11) is 0. The first-order valence-corrected chi connectivity index (χ1v) is 5.71. The van der Waals surface area contributed by atoms with Crippen molar-refractivity contribution in [2.24, 2.45) is 0 Å². The van der Waals surface area contributed by atoms with Gasteiger partial charge in [0.2, 0.25) is 5.82 Å². The number of rotatable bonds is 5. The highest BCUT2D eigenvalue weighted by molar-refractivity contribution is 5.75. The van der Waals surface area contributed by atoms with Crippen molar-refractivity contribution in [1.29, 1.82) is 0 Å². The van der Waals surface area contributed by atoms with E-state index in [-0.39, 0.29) is 6.61 Å². The van der Waals surface area contributed by atoms with Gasteiger partial charge >= 0.3 is 5.97 Å². The van der Waals surface area contributed by atoms with E-state index in [9.17, 15) is 26.7 Å². The van der Waals surface area contributed by atoms with Gasteiger partial charge in [-0.1, -0.05) is 0 Å². The second-order valence-electron chi connectivity index (χ2n) is 3.90. The van der Waals surface area contributed by atoms with E-state index in [0.29, 0.717) is 0 Å². The number of hydrogen-bond donors (Lipinski definition) is 1. The quantitative estimate of drug-likeness (QED) is 0.392. The minimum atomic E-state index is -2.22. The molecule has 1 rings (SSSR count). The third kappa shape index (κ3) is 3.24. The Labute approximate surface area is 111 Å². The summed E-state index contributed by atoms with van der Waals surface area (Å²) < 4.78 is 69.9. The average molecular weight is 297 g/mol. The molecule has 0 bridgehead atoms. The van der Waals surface area contributed by atoms with Gasteiger partial charge in [0.15, 0.2) is 23.3 Å². The van der Waals surface area contributed by atoms with E-state index in [0.717, 1.165) is 0 Å². The van der Waals surface area contributed by atoms with Gasteiger partial charge in [-0.15, -0.1) is 0 Å². The maximum absolute atomic E-state index is 13.3. The monoisotopic (exact) mass is 297 g/mol. The SMILES string of the molecule is CCOC(=O)C(C)NCc1c(F)c(F)c(F)c(F)c1F. The first-order chi connectivity index (χ1) is 9.31. The lowest BCUT2D eigenvalue weighted by Crippen LogP contribution is -2.35. The Balaban J connectivity index is 2.92. The molecule has 0 saturated carbocycles. The lowest BCUT2D eigenvalue weighted by atomic mass is 10.1. The number of carbonyl (C=O) groups excluding carboxylic acids is 1. The minimum Gasteiger partial charge on any atom is -0.465 e. The van der Waals surface area contributed by atoms with Crippen molar-refractivity contribution < 1.29 is 31.5 Å². The van der Waals surface area contributed by atoms with Crippen LogP contribution in [0.25, 0.3) is 0 Å². The highest BCUT2D eigenvalue weighted by atomic mass is 19.2. The molecule has 3 nitrogen and oxygen atoms in total. The molecule has 0 radical (unpaired) electrons. The predicted molar refractivity (Wildman–Crippen MR) is 59.2 cm³/mol. The van der Waals surface area contributed by atoms with Gasteiger partial charge in [-0.3, -0.25) is 4.79 Å². The molecular formula is C12H12F5NO2. The zero-order valence-corrected chi connectivity index (χ0v) is 10.7. The molecule has 0 fully saturated rings. The first kappa shape index (κ1) is 16.4. The van der Waals surface area contributed by atoms with Crippen LogP contribution in [-0.4, -0.2) is 18.6 Å². The average Bonchev–Trinajstić information content (AvgIpc) is 2.43. The van der Waals surface area contributed by atoms with E-state index in [2.05, 4.69) is 10.1 Å². The van der Waals surface area contributed by atoms with Crippen molar-refractivity contribution in [3.8, 4) is 0 Å². The van der Waals surface area contributed by atoms with Crippen LogP contribution < -0.4 is 5.32 Å². The van der Waals surface area contributed by atoms with Gasteiger partial charge in [-0.05, 0) is 13.8 Å². The molecule has 0 saturated heterocycles. The smallest absolute Gasteiger partial charge is 0.322 e. The fourth-order valence-electron chi connectivity index (χ4n) is 1.41. The summed E-state index contributed by atoms with van der Waals surface area (Å²) >= 11 is 0. The molecule has 20 heavy (non-hydrogen) atoms. The number of carbonyl (C=O) groups is 1. The van der Waals surface area contributed by atoms with Gasteiger partial charge in [0.05, 0.1) is 6.61 Å². The van der Waals surface area contributed by atoms with Gasteiger partial charge in [0, 0.05) is 12.1 Å². The van der Waals surface area contributed by atoms with E-state index < -0.39 is 53.2 Å². The van der Waals surface area contributed by atoms with E-state index in [1.807, 2.05) is 0 Å². The number of benzene rings is 1. The topological polar surface area (TPSA) is 38.3 Å². The second kappa shape index (κ2) is 6.65. The fourth-order valence-corrected chi connectivity index (χ4v) is 1.41. The third-order valence-corrected chi connectivity index (χ3v) is 2.53. The van der Waals surface area contributed by atoms with Crippen molar-refractivity contribution in [2.45, 2.75) is 26.4 Å². The van der Waals surface area contributed by atoms with Gasteiger partial charge in [-0.2, -0.15) is 0 Å².